The fourth-order valence-electron chi connectivity index (χ4n) is 5.02. The third-order valence-corrected chi connectivity index (χ3v) is 6.96. The lowest BCUT2D eigenvalue weighted by Gasteiger charge is -2.29. The van der Waals surface area contributed by atoms with Gasteiger partial charge in [-0.2, -0.15) is 13.5 Å². The average Bonchev–Trinajstić information content (AvgIpc) is 3.62. The monoisotopic (exact) mass is 458 g/mol. The molecule has 2 aromatic carbocycles. The van der Waals surface area contributed by atoms with Crippen LogP contribution in [0.25, 0.3) is 0 Å². The van der Waals surface area contributed by atoms with Gasteiger partial charge < -0.3 is 14.3 Å². The summed E-state index contributed by atoms with van der Waals surface area (Å²) in [6, 6.07) is 13.4. The van der Waals surface area contributed by atoms with E-state index in [2.05, 4.69) is 12.1 Å². The van der Waals surface area contributed by atoms with Crippen molar-refractivity contribution >= 4 is 19.3 Å². The summed E-state index contributed by atoms with van der Waals surface area (Å²) in [5.41, 5.74) is 2.01. The average molecular weight is 459 g/mol. The van der Waals surface area contributed by atoms with Crippen LogP contribution in [0.4, 0.5) is 4.39 Å². The van der Waals surface area contributed by atoms with Gasteiger partial charge in [-0.25, -0.2) is 4.39 Å². The first kappa shape index (κ1) is 24.6. The quantitative estimate of drug-likeness (QED) is 0.416. The van der Waals surface area contributed by atoms with Crippen molar-refractivity contribution in [3.63, 3.8) is 0 Å². The summed E-state index contributed by atoms with van der Waals surface area (Å²) in [6.07, 6.45) is 7.09. The maximum absolute atomic E-state index is 14.3. The first-order chi connectivity index (χ1) is 15.0. The third-order valence-electron chi connectivity index (χ3n) is 6.96. The number of rotatable bonds is 9. The first-order valence-electron chi connectivity index (χ1n) is 11.6. The number of ether oxygens (including phenoxy) is 2. The van der Waals surface area contributed by atoms with Crippen LogP contribution in [-0.4, -0.2) is 19.5 Å². The summed E-state index contributed by atoms with van der Waals surface area (Å²) in [6.45, 7) is 2.38. The van der Waals surface area contributed by atoms with Gasteiger partial charge in [0, 0.05) is 6.42 Å². The molecule has 0 radical (unpaired) electrons. The van der Waals surface area contributed by atoms with Crippen LogP contribution in [0.15, 0.2) is 42.5 Å². The van der Waals surface area contributed by atoms with Crippen molar-refractivity contribution in [1.82, 2.24) is 0 Å². The SMILES string of the molecule is COc1ccc(F)c(C2CCC(COc3cccc([C@@H](CC(C)=O)C4CC4)c3)CC2)c1.S. The van der Waals surface area contributed by atoms with Gasteiger partial charge in [-0.1, -0.05) is 12.1 Å². The second-order valence-electron chi connectivity index (χ2n) is 9.34. The van der Waals surface area contributed by atoms with Gasteiger partial charge in [0.25, 0.3) is 0 Å². The zero-order valence-corrected chi connectivity index (χ0v) is 20.1. The maximum atomic E-state index is 14.3. The Balaban J connectivity index is 0.00000289. The van der Waals surface area contributed by atoms with E-state index in [-0.39, 0.29) is 31.0 Å². The van der Waals surface area contributed by atoms with E-state index in [1.807, 2.05) is 18.2 Å². The molecule has 2 fully saturated rings. The Morgan fingerprint density at radius 1 is 1.03 bits per heavy atom. The molecular weight excluding hydrogens is 423 g/mol. The lowest BCUT2D eigenvalue weighted by Crippen LogP contribution is -2.20. The number of Topliss-reactive ketones (excluding diaryl/α,β-unsaturated/α-hetero) is 1. The lowest BCUT2D eigenvalue weighted by atomic mass is 9.79. The molecule has 0 N–H and O–H groups in total. The highest BCUT2D eigenvalue weighted by Crippen LogP contribution is 2.45. The van der Waals surface area contributed by atoms with Crippen molar-refractivity contribution in [3.05, 3.63) is 59.4 Å². The van der Waals surface area contributed by atoms with Gasteiger partial charge in [0.05, 0.1) is 13.7 Å². The van der Waals surface area contributed by atoms with E-state index in [0.717, 1.165) is 42.7 Å². The molecule has 1 atom stereocenters. The number of hydrogen-bond acceptors (Lipinski definition) is 3. The molecule has 0 unspecified atom stereocenters. The molecule has 0 aromatic heterocycles. The molecule has 0 saturated heterocycles. The molecule has 0 heterocycles. The largest absolute Gasteiger partial charge is 0.497 e. The minimum absolute atomic E-state index is 0. The van der Waals surface area contributed by atoms with Gasteiger partial charge in [-0.3, -0.25) is 0 Å². The third kappa shape index (κ3) is 6.28. The van der Waals surface area contributed by atoms with Crippen molar-refractivity contribution in [2.75, 3.05) is 13.7 Å². The highest BCUT2D eigenvalue weighted by atomic mass is 32.1. The molecule has 0 spiro atoms. The zero-order chi connectivity index (χ0) is 21.8. The zero-order valence-electron chi connectivity index (χ0n) is 19.1. The Hall–Kier alpha value is -2.01. The van der Waals surface area contributed by atoms with Gasteiger partial charge in [0.15, 0.2) is 0 Å². The number of hydrogen-bond donors (Lipinski definition) is 0. The van der Waals surface area contributed by atoms with Crippen LogP contribution in [-0.2, 0) is 4.79 Å². The van der Waals surface area contributed by atoms with Crippen LogP contribution >= 0.6 is 13.5 Å². The van der Waals surface area contributed by atoms with Crippen molar-refractivity contribution < 1.29 is 18.7 Å². The molecule has 0 aliphatic heterocycles. The van der Waals surface area contributed by atoms with E-state index in [9.17, 15) is 9.18 Å². The summed E-state index contributed by atoms with van der Waals surface area (Å²) < 4.78 is 25.7. The Morgan fingerprint density at radius 2 is 1.78 bits per heavy atom. The van der Waals surface area contributed by atoms with Crippen molar-refractivity contribution in [3.8, 4) is 11.5 Å². The summed E-state index contributed by atoms with van der Waals surface area (Å²) in [5.74, 6) is 3.45. The number of benzene rings is 2. The first-order valence-corrected chi connectivity index (χ1v) is 11.6. The maximum Gasteiger partial charge on any atom is 0.130 e. The topological polar surface area (TPSA) is 35.5 Å². The molecule has 2 aliphatic carbocycles. The van der Waals surface area contributed by atoms with Crippen LogP contribution in [0, 0.1) is 17.7 Å². The van der Waals surface area contributed by atoms with Crippen molar-refractivity contribution in [2.24, 2.45) is 11.8 Å². The number of methoxy groups -OCH3 is 1. The minimum Gasteiger partial charge on any atom is -0.497 e. The number of carbonyl (C=O) groups excluding carboxylic acids is 1. The van der Waals surface area contributed by atoms with E-state index < -0.39 is 0 Å². The standard InChI is InChI=1S/C27H33FO3.H2S/c1-18(29)14-25(20-10-11-20)22-4-3-5-24(15-22)31-17-19-6-8-21(9-7-19)26-16-23(30-2)12-13-27(26)28;/h3-5,12-13,15-16,19-21,25H,6-11,14,17H2,1-2H3;1H2/t19?,21?,25-;/m0./s1. The molecule has 2 aliphatic rings. The second-order valence-corrected chi connectivity index (χ2v) is 9.34. The normalized spacial score (nSPS) is 21.3. The summed E-state index contributed by atoms with van der Waals surface area (Å²) in [7, 11) is 1.62. The van der Waals surface area contributed by atoms with E-state index in [4.69, 9.17) is 9.47 Å². The lowest BCUT2D eigenvalue weighted by molar-refractivity contribution is -0.117. The van der Waals surface area contributed by atoms with Gasteiger partial charge in [-0.05, 0) is 111 Å². The van der Waals surface area contributed by atoms with Gasteiger partial charge in [0.2, 0.25) is 0 Å². The van der Waals surface area contributed by atoms with E-state index in [0.29, 0.717) is 30.8 Å². The summed E-state index contributed by atoms with van der Waals surface area (Å²) >= 11 is 0. The molecule has 5 heteroatoms. The number of halogens is 1. The smallest absolute Gasteiger partial charge is 0.130 e. The fraction of sp³-hybridized carbons (Fsp3) is 0.519. The minimum atomic E-state index is -0.131. The van der Waals surface area contributed by atoms with Gasteiger partial charge in [0.1, 0.15) is 23.1 Å². The van der Waals surface area contributed by atoms with Crippen molar-refractivity contribution in [1.29, 1.82) is 0 Å². The molecule has 0 bridgehead atoms. The molecule has 0 amide bonds. The number of carbonyl (C=O) groups is 1. The fourth-order valence-corrected chi connectivity index (χ4v) is 5.02. The summed E-state index contributed by atoms with van der Waals surface area (Å²) in [4.78, 5) is 11.7. The predicted molar refractivity (Wildman–Crippen MR) is 131 cm³/mol. The Morgan fingerprint density at radius 3 is 2.44 bits per heavy atom. The van der Waals surface area contributed by atoms with Crippen LogP contribution in [0.1, 0.15) is 74.8 Å². The Bertz CT molecular complexity index is 904. The molecular formula is C27H35FO3S. The van der Waals surface area contributed by atoms with Gasteiger partial charge >= 0.3 is 0 Å². The molecule has 174 valence electrons. The van der Waals surface area contributed by atoms with Crippen LogP contribution in [0.3, 0.4) is 0 Å². The highest BCUT2D eigenvalue weighted by molar-refractivity contribution is 7.59. The van der Waals surface area contributed by atoms with Crippen LogP contribution in [0.2, 0.25) is 0 Å². The van der Waals surface area contributed by atoms with Crippen molar-refractivity contribution in [2.45, 2.75) is 63.7 Å². The van der Waals surface area contributed by atoms with Crippen LogP contribution < -0.4 is 9.47 Å². The molecule has 2 aromatic rings. The Kier molecular flexibility index (Phi) is 8.64. The van der Waals surface area contributed by atoms with E-state index in [1.54, 1.807) is 20.1 Å². The van der Waals surface area contributed by atoms with Gasteiger partial charge in [-0.15, -0.1) is 0 Å². The Labute approximate surface area is 198 Å². The van der Waals surface area contributed by atoms with E-state index >= 15 is 0 Å². The molecule has 3 nitrogen and oxygen atoms in total. The predicted octanol–water partition coefficient (Wildman–Crippen LogP) is 6.77. The molecule has 32 heavy (non-hydrogen) atoms. The summed E-state index contributed by atoms with van der Waals surface area (Å²) in [5, 5.41) is 0. The van der Waals surface area contributed by atoms with Crippen LogP contribution in [0.5, 0.6) is 11.5 Å². The highest BCUT2D eigenvalue weighted by Gasteiger charge is 2.33. The second kappa shape index (κ2) is 11.2. The van der Waals surface area contributed by atoms with E-state index in [1.165, 1.54) is 24.5 Å². The molecule has 4 rings (SSSR count). The molecule has 2 saturated carbocycles. The number of ketones is 1.